The molecule has 1 saturated carbocycles. The van der Waals surface area contributed by atoms with Crippen molar-refractivity contribution in [3.63, 3.8) is 0 Å². The van der Waals surface area contributed by atoms with Gasteiger partial charge in [-0.3, -0.25) is 9.59 Å². The molecule has 1 aromatic rings. The highest BCUT2D eigenvalue weighted by Gasteiger charge is 2.77. The van der Waals surface area contributed by atoms with Crippen molar-refractivity contribution in [3.05, 3.63) is 54.3 Å². The van der Waals surface area contributed by atoms with E-state index in [1.54, 1.807) is 30.3 Å². The number of hydrogen-bond acceptors (Lipinski definition) is 17. The maximum absolute atomic E-state index is 12.9. The molecule has 0 radical (unpaired) electrons. The van der Waals surface area contributed by atoms with Crippen LogP contribution in [0, 0.1) is 11.8 Å². The van der Waals surface area contributed by atoms with Gasteiger partial charge in [-0.1, -0.05) is 30.3 Å². The lowest BCUT2D eigenvalue weighted by Crippen LogP contribution is -2.62. The lowest BCUT2D eigenvalue weighted by atomic mass is 9.85. The quantitative estimate of drug-likeness (QED) is 0.0769. The molecule has 1 aliphatic carbocycles. The summed E-state index contributed by atoms with van der Waals surface area (Å²) in [4.78, 5) is 37.0. The van der Waals surface area contributed by atoms with Crippen LogP contribution >= 0.6 is 0 Å². The molecule has 51 heavy (non-hydrogen) atoms. The molecule has 16 atom stereocenters. The van der Waals surface area contributed by atoms with Gasteiger partial charge in [-0.05, 0) is 24.6 Å². The molecule has 6 rings (SSSR count). The van der Waals surface area contributed by atoms with Crippen molar-refractivity contribution < 1.29 is 82.5 Å². The van der Waals surface area contributed by atoms with E-state index < -0.39 is 128 Å². The number of aliphatic hydroxyl groups excluding tert-OH is 5. The van der Waals surface area contributed by atoms with E-state index in [-0.39, 0.29) is 0 Å². The summed E-state index contributed by atoms with van der Waals surface area (Å²) in [6.45, 7) is 2.55. The number of fused-ring (bicyclic) bond motifs is 3. The first-order valence-corrected chi connectivity index (χ1v) is 16.5. The predicted molar refractivity (Wildman–Crippen MR) is 166 cm³/mol. The van der Waals surface area contributed by atoms with Gasteiger partial charge >= 0.3 is 17.9 Å². The number of carbonyl (C=O) groups is 3. The molecular weight excluding hydrogens is 680 g/mol. The predicted octanol–water partition coefficient (Wildman–Crippen LogP) is -1.33. The zero-order valence-electron chi connectivity index (χ0n) is 27.9. The number of carbonyl (C=O) groups excluding carboxylic acids is 3. The van der Waals surface area contributed by atoms with Gasteiger partial charge in [0.05, 0.1) is 37.6 Å². The van der Waals surface area contributed by atoms with Crippen LogP contribution in [0.1, 0.15) is 26.3 Å². The third kappa shape index (κ3) is 7.41. The van der Waals surface area contributed by atoms with Crippen LogP contribution in [0.4, 0.5) is 0 Å². The SMILES string of the molecule is CC(=O)O[C@H]1[C@H](O[C@@H]2OC=C[C@H]3[C@H](O[C@@H]4O[C@@H](C)[C@H](O)[C@@H](OC(=O)/C=C/c5ccccc5)[C@H]4OC(C)=O)[C@@H]4O[C@]4(CO)[C@@H]23)O[C@H](CO)[C@@H](O)[C@@H]1O. The number of benzene rings is 1. The molecule has 0 spiro atoms. The molecule has 4 fully saturated rings. The van der Waals surface area contributed by atoms with Crippen LogP contribution in [-0.4, -0.2) is 142 Å². The van der Waals surface area contributed by atoms with E-state index >= 15 is 0 Å². The molecule has 5 N–H and O–H groups in total. The lowest BCUT2D eigenvalue weighted by Gasteiger charge is -2.45. The van der Waals surface area contributed by atoms with Crippen LogP contribution in [0.5, 0.6) is 0 Å². The van der Waals surface area contributed by atoms with Crippen molar-refractivity contribution in [1.29, 1.82) is 0 Å². The smallest absolute Gasteiger partial charge is 0.331 e. The zero-order chi connectivity index (χ0) is 36.6. The molecule has 17 heteroatoms. The number of aliphatic hydroxyl groups is 5. The normalized spacial score (nSPS) is 42.7. The van der Waals surface area contributed by atoms with Crippen molar-refractivity contribution in [2.45, 2.75) is 106 Å². The van der Waals surface area contributed by atoms with E-state index in [9.17, 15) is 39.9 Å². The average molecular weight is 723 g/mol. The summed E-state index contributed by atoms with van der Waals surface area (Å²) in [6.07, 6.45) is -11.5. The van der Waals surface area contributed by atoms with E-state index in [1.165, 1.54) is 25.3 Å². The molecule has 5 aliphatic rings. The maximum atomic E-state index is 12.9. The van der Waals surface area contributed by atoms with Crippen LogP contribution in [-0.2, 0) is 57.0 Å². The maximum Gasteiger partial charge on any atom is 0.331 e. The number of rotatable bonds is 11. The molecule has 0 bridgehead atoms. The molecule has 0 unspecified atom stereocenters. The standard InChI is InChI=1S/C34H42O17/c1-15-23(40)27(48-21(39)10-9-18-7-5-4-6-8-18)29(46-17(3)38)33(44-15)49-26-19-11-12-43-31(22(19)34(14-36)30(26)51-34)50-32-28(45-16(2)37)25(42)24(41)20(13-35)47-32/h4-12,15,19-20,22-33,35-36,40-42H,13-14H2,1-3H3/b10-9+/t15-,19+,20+,22+,23-,24+,25-,26-,27+,28+,29+,30-,31-,32-,33-,34+/m0/s1. The Bertz CT molecular complexity index is 1470. The Morgan fingerprint density at radius 1 is 0.824 bits per heavy atom. The van der Waals surface area contributed by atoms with Gasteiger partial charge < -0.3 is 68.2 Å². The van der Waals surface area contributed by atoms with Crippen LogP contribution in [0.25, 0.3) is 6.08 Å². The van der Waals surface area contributed by atoms with Gasteiger partial charge in [0, 0.05) is 25.8 Å². The van der Waals surface area contributed by atoms with Gasteiger partial charge in [0.25, 0.3) is 0 Å². The minimum atomic E-state index is -1.69. The largest absolute Gasteiger partial charge is 0.472 e. The Kier molecular flexibility index (Phi) is 11.1. The van der Waals surface area contributed by atoms with E-state index in [1.807, 2.05) is 6.07 Å². The Balaban J connectivity index is 1.22. The minimum absolute atomic E-state index is 0.517. The highest BCUT2D eigenvalue weighted by molar-refractivity contribution is 5.87. The Morgan fingerprint density at radius 3 is 2.18 bits per heavy atom. The van der Waals surface area contributed by atoms with Crippen LogP contribution in [0.3, 0.4) is 0 Å². The third-order valence-electron chi connectivity index (χ3n) is 9.69. The van der Waals surface area contributed by atoms with Crippen molar-refractivity contribution in [3.8, 4) is 0 Å². The van der Waals surface area contributed by atoms with Gasteiger partial charge in [-0.15, -0.1) is 0 Å². The lowest BCUT2D eigenvalue weighted by molar-refractivity contribution is -0.347. The van der Waals surface area contributed by atoms with Gasteiger partial charge in [0.2, 0.25) is 12.6 Å². The molecule has 0 aromatic heterocycles. The molecule has 17 nitrogen and oxygen atoms in total. The van der Waals surface area contributed by atoms with Gasteiger partial charge in [-0.2, -0.15) is 0 Å². The van der Waals surface area contributed by atoms with Crippen LogP contribution in [0.15, 0.2) is 48.7 Å². The van der Waals surface area contributed by atoms with E-state index in [0.29, 0.717) is 0 Å². The van der Waals surface area contributed by atoms with Gasteiger partial charge in [0.15, 0.2) is 24.6 Å². The first kappa shape index (κ1) is 37.3. The first-order valence-electron chi connectivity index (χ1n) is 16.5. The fraction of sp³-hybridized carbons (Fsp3) is 0.618. The number of hydrogen-bond donors (Lipinski definition) is 5. The Morgan fingerprint density at radius 2 is 1.51 bits per heavy atom. The second kappa shape index (κ2) is 15.2. The molecular formula is C34H42O17. The molecule has 1 aromatic carbocycles. The van der Waals surface area contributed by atoms with E-state index in [4.69, 9.17) is 42.6 Å². The summed E-state index contributed by atoms with van der Waals surface area (Å²) < 4.78 is 52.3. The average Bonchev–Trinajstić information content (AvgIpc) is 3.78. The fourth-order valence-corrected chi connectivity index (χ4v) is 7.22. The molecule has 0 amide bonds. The first-order chi connectivity index (χ1) is 24.4. The highest BCUT2D eigenvalue weighted by atomic mass is 16.8. The summed E-state index contributed by atoms with van der Waals surface area (Å²) in [7, 11) is 0. The molecule has 280 valence electrons. The third-order valence-corrected chi connectivity index (χ3v) is 9.69. The van der Waals surface area contributed by atoms with Crippen LogP contribution < -0.4 is 0 Å². The fourth-order valence-electron chi connectivity index (χ4n) is 7.22. The van der Waals surface area contributed by atoms with E-state index in [2.05, 4.69) is 0 Å². The minimum Gasteiger partial charge on any atom is -0.472 e. The van der Waals surface area contributed by atoms with Crippen molar-refractivity contribution >= 4 is 24.0 Å². The molecule has 4 aliphatic heterocycles. The van der Waals surface area contributed by atoms with Crippen molar-refractivity contribution in [2.75, 3.05) is 13.2 Å². The second-order valence-corrected chi connectivity index (χ2v) is 13.0. The Labute approximate surface area is 292 Å². The number of ether oxygens (including phenoxy) is 9. The summed E-state index contributed by atoms with van der Waals surface area (Å²) >= 11 is 0. The summed E-state index contributed by atoms with van der Waals surface area (Å²) in [5.41, 5.74) is -0.554. The van der Waals surface area contributed by atoms with E-state index in [0.717, 1.165) is 19.4 Å². The molecule has 4 heterocycles. The highest BCUT2D eigenvalue weighted by Crippen LogP contribution is 2.61. The molecule has 3 saturated heterocycles. The van der Waals surface area contributed by atoms with Gasteiger partial charge in [-0.25, -0.2) is 4.79 Å². The number of esters is 3. The number of epoxide rings is 1. The van der Waals surface area contributed by atoms with Gasteiger partial charge in [0.1, 0.15) is 36.1 Å². The van der Waals surface area contributed by atoms with Crippen LogP contribution in [0.2, 0.25) is 0 Å². The summed E-state index contributed by atoms with van der Waals surface area (Å²) in [5, 5.41) is 52.4. The topological polar surface area (TPSA) is 239 Å². The Hall–Kier alpha value is -3.49. The van der Waals surface area contributed by atoms with Crippen molar-refractivity contribution in [2.24, 2.45) is 11.8 Å². The zero-order valence-corrected chi connectivity index (χ0v) is 27.9. The van der Waals surface area contributed by atoms with Crippen molar-refractivity contribution in [1.82, 2.24) is 0 Å². The summed E-state index contributed by atoms with van der Waals surface area (Å²) in [5.74, 6) is -3.81. The second-order valence-electron chi connectivity index (χ2n) is 13.0. The monoisotopic (exact) mass is 722 g/mol. The summed E-state index contributed by atoms with van der Waals surface area (Å²) in [6, 6.07) is 8.97.